The molecule has 0 saturated carbocycles. The van der Waals surface area contributed by atoms with Crippen LogP contribution in [0, 0.1) is 20.8 Å². The monoisotopic (exact) mass is 334 g/mol. The highest BCUT2D eigenvalue weighted by Crippen LogP contribution is 2.45. The molecule has 5 rings (SSSR count). The second-order valence-electron chi connectivity index (χ2n) is 7.53. The molecule has 0 unspecified atom stereocenters. The second-order valence-corrected chi connectivity index (χ2v) is 7.53. The minimum Gasteiger partial charge on any atom is -0.0619 e. The Hall–Kier alpha value is -2.86. The Morgan fingerprint density at radius 3 is 2.19 bits per heavy atom. The molecule has 1 aliphatic rings. The maximum Gasteiger partial charge on any atom is -0.000718 e. The minimum absolute atomic E-state index is 1.03. The van der Waals surface area contributed by atoms with Crippen LogP contribution in [0.1, 0.15) is 27.8 Å². The zero-order chi connectivity index (χ0) is 17.8. The summed E-state index contributed by atoms with van der Waals surface area (Å²) in [6, 6.07) is 24.7. The van der Waals surface area contributed by atoms with Gasteiger partial charge in [0.15, 0.2) is 0 Å². The molecule has 0 heteroatoms. The van der Waals surface area contributed by atoms with E-state index in [0.717, 1.165) is 6.42 Å². The van der Waals surface area contributed by atoms with Crippen molar-refractivity contribution in [2.45, 2.75) is 27.2 Å². The lowest BCUT2D eigenvalue weighted by Gasteiger charge is -2.18. The van der Waals surface area contributed by atoms with Crippen LogP contribution >= 0.6 is 0 Å². The van der Waals surface area contributed by atoms with Gasteiger partial charge >= 0.3 is 0 Å². The number of hydrogen-bond acceptors (Lipinski definition) is 0. The Morgan fingerprint density at radius 1 is 0.615 bits per heavy atom. The Labute approximate surface area is 155 Å². The Bertz CT molecular complexity index is 1180. The summed E-state index contributed by atoms with van der Waals surface area (Å²) in [5, 5.41) is 2.72. The van der Waals surface area contributed by atoms with E-state index in [-0.39, 0.29) is 0 Å². The highest BCUT2D eigenvalue weighted by Gasteiger charge is 2.24. The smallest absolute Gasteiger partial charge is 0.000718 e. The Morgan fingerprint density at radius 2 is 1.35 bits per heavy atom. The fourth-order valence-corrected chi connectivity index (χ4v) is 4.55. The van der Waals surface area contributed by atoms with Crippen molar-refractivity contribution >= 4 is 10.8 Å². The first kappa shape index (κ1) is 15.4. The van der Waals surface area contributed by atoms with Gasteiger partial charge in [-0.05, 0) is 88.0 Å². The summed E-state index contributed by atoms with van der Waals surface area (Å²) in [4.78, 5) is 0. The highest BCUT2D eigenvalue weighted by atomic mass is 14.3. The van der Waals surface area contributed by atoms with E-state index in [4.69, 9.17) is 0 Å². The van der Waals surface area contributed by atoms with Gasteiger partial charge in [-0.3, -0.25) is 0 Å². The van der Waals surface area contributed by atoms with Crippen LogP contribution in [0.15, 0.2) is 66.7 Å². The van der Waals surface area contributed by atoms with Crippen LogP contribution in [0.2, 0.25) is 0 Å². The van der Waals surface area contributed by atoms with Crippen molar-refractivity contribution in [2.24, 2.45) is 0 Å². The van der Waals surface area contributed by atoms with E-state index in [1.54, 1.807) is 0 Å². The van der Waals surface area contributed by atoms with Crippen LogP contribution in [-0.4, -0.2) is 0 Å². The third-order valence-electron chi connectivity index (χ3n) is 6.04. The van der Waals surface area contributed by atoms with Crippen LogP contribution in [0.25, 0.3) is 33.0 Å². The molecule has 4 aromatic carbocycles. The number of fused-ring (bicyclic) bond motifs is 4. The van der Waals surface area contributed by atoms with Crippen molar-refractivity contribution in [2.75, 3.05) is 0 Å². The molecule has 126 valence electrons. The molecule has 4 aromatic rings. The van der Waals surface area contributed by atoms with Crippen LogP contribution in [0.5, 0.6) is 0 Å². The fraction of sp³-hybridized carbons (Fsp3) is 0.154. The second kappa shape index (κ2) is 5.57. The van der Waals surface area contributed by atoms with E-state index in [2.05, 4.69) is 87.5 Å². The van der Waals surface area contributed by atoms with E-state index in [1.807, 2.05) is 0 Å². The minimum atomic E-state index is 1.03. The molecule has 0 heterocycles. The van der Waals surface area contributed by atoms with Crippen molar-refractivity contribution in [1.82, 2.24) is 0 Å². The number of aryl methyl sites for hydroxylation is 2. The number of rotatable bonds is 1. The summed E-state index contributed by atoms with van der Waals surface area (Å²) in [6.07, 6.45) is 1.03. The maximum atomic E-state index is 2.39. The van der Waals surface area contributed by atoms with Crippen molar-refractivity contribution in [3.8, 4) is 22.3 Å². The van der Waals surface area contributed by atoms with E-state index in [1.165, 1.54) is 60.8 Å². The number of benzene rings is 4. The van der Waals surface area contributed by atoms with Gasteiger partial charge in [-0.1, -0.05) is 66.7 Å². The first-order chi connectivity index (χ1) is 12.6. The quantitative estimate of drug-likeness (QED) is 0.309. The van der Waals surface area contributed by atoms with Crippen LogP contribution in [0.3, 0.4) is 0 Å². The molecule has 0 saturated heterocycles. The van der Waals surface area contributed by atoms with Gasteiger partial charge in [-0.2, -0.15) is 0 Å². The molecule has 0 amide bonds. The third kappa shape index (κ3) is 2.08. The molecular formula is C26H22. The molecule has 26 heavy (non-hydrogen) atoms. The molecule has 0 bridgehead atoms. The standard InChI is InChI=1S/C26H22/c1-16-12-13-23(22-11-7-6-9-20(16)22)26-18(3)17(2)14-24-21-10-5-4-8-19(21)15-25(24)26/h4-14H,15H2,1-3H3. The number of hydrogen-bond donors (Lipinski definition) is 0. The lowest BCUT2D eigenvalue weighted by Crippen LogP contribution is -1.96. The summed E-state index contributed by atoms with van der Waals surface area (Å²) < 4.78 is 0. The van der Waals surface area contributed by atoms with Gasteiger partial charge in [0, 0.05) is 0 Å². The first-order valence-electron chi connectivity index (χ1n) is 9.35. The van der Waals surface area contributed by atoms with Crippen LogP contribution in [0.4, 0.5) is 0 Å². The summed E-state index contributed by atoms with van der Waals surface area (Å²) in [5.41, 5.74) is 12.7. The summed E-state index contributed by atoms with van der Waals surface area (Å²) in [5.74, 6) is 0. The molecule has 0 fully saturated rings. The third-order valence-corrected chi connectivity index (χ3v) is 6.04. The molecule has 0 radical (unpaired) electrons. The molecule has 0 aliphatic heterocycles. The van der Waals surface area contributed by atoms with Gasteiger partial charge in [0.05, 0.1) is 0 Å². The predicted octanol–water partition coefficient (Wildman–Crippen LogP) is 7.00. The zero-order valence-electron chi connectivity index (χ0n) is 15.6. The van der Waals surface area contributed by atoms with Gasteiger partial charge in [0.25, 0.3) is 0 Å². The summed E-state index contributed by atoms with van der Waals surface area (Å²) >= 11 is 0. The van der Waals surface area contributed by atoms with Gasteiger partial charge < -0.3 is 0 Å². The molecular weight excluding hydrogens is 312 g/mol. The molecule has 0 atom stereocenters. The molecule has 0 nitrogen and oxygen atoms in total. The Balaban J connectivity index is 1.88. The molecule has 0 N–H and O–H groups in total. The van der Waals surface area contributed by atoms with Gasteiger partial charge in [0.1, 0.15) is 0 Å². The fourth-order valence-electron chi connectivity index (χ4n) is 4.55. The molecule has 0 aromatic heterocycles. The predicted molar refractivity (Wildman–Crippen MR) is 112 cm³/mol. The van der Waals surface area contributed by atoms with E-state index >= 15 is 0 Å². The summed E-state index contributed by atoms with van der Waals surface area (Å²) in [6.45, 7) is 6.73. The maximum absolute atomic E-state index is 2.39. The van der Waals surface area contributed by atoms with Gasteiger partial charge in [0.2, 0.25) is 0 Å². The average Bonchev–Trinajstić information content (AvgIpc) is 3.02. The zero-order valence-corrected chi connectivity index (χ0v) is 15.6. The van der Waals surface area contributed by atoms with Crippen LogP contribution in [-0.2, 0) is 6.42 Å². The lowest BCUT2D eigenvalue weighted by atomic mass is 9.86. The first-order valence-corrected chi connectivity index (χ1v) is 9.35. The normalized spacial score (nSPS) is 12.3. The topological polar surface area (TPSA) is 0 Å². The summed E-state index contributed by atoms with van der Waals surface area (Å²) in [7, 11) is 0. The van der Waals surface area contributed by atoms with Crippen molar-refractivity contribution < 1.29 is 0 Å². The van der Waals surface area contributed by atoms with Crippen molar-refractivity contribution in [1.29, 1.82) is 0 Å². The van der Waals surface area contributed by atoms with Gasteiger partial charge in [-0.25, -0.2) is 0 Å². The van der Waals surface area contributed by atoms with E-state index in [9.17, 15) is 0 Å². The molecule has 0 spiro atoms. The SMILES string of the molecule is Cc1cc2c(c(-c3ccc(C)c4ccccc34)c1C)Cc1ccccc1-2. The molecule has 1 aliphatic carbocycles. The van der Waals surface area contributed by atoms with Crippen molar-refractivity contribution in [3.63, 3.8) is 0 Å². The van der Waals surface area contributed by atoms with Crippen molar-refractivity contribution in [3.05, 3.63) is 94.5 Å². The van der Waals surface area contributed by atoms with E-state index < -0.39 is 0 Å². The highest BCUT2D eigenvalue weighted by molar-refractivity contribution is 6.01. The van der Waals surface area contributed by atoms with E-state index in [0.29, 0.717) is 0 Å². The van der Waals surface area contributed by atoms with Gasteiger partial charge in [-0.15, -0.1) is 0 Å². The van der Waals surface area contributed by atoms with Crippen LogP contribution < -0.4 is 0 Å². The largest absolute Gasteiger partial charge is 0.0619 e. The lowest BCUT2D eigenvalue weighted by molar-refractivity contribution is 1.23. The average molecular weight is 334 g/mol. The Kier molecular flexibility index (Phi) is 3.30.